The SMILES string of the molecule is CCCCCCCCCCCCOC(=S)SCC(=O)N(CCC#N)CCC#N. The van der Waals surface area contributed by atoms with E-state index in [2.05, 4.69) is 6.92 Å². The Labute approximate surface area is 180 Å². The lowest BCUT2D eigenvalue weighted by atomic mass is 10.1. The van der Waals surface area contributed by atoms with Crippen molar-refractivity contribution in [2.75, 3.05) is 25.4 Å². The lowest BCUT2D eigenvalue weighted by Gasteiger charge is -2.20. The van der Waals surface area contributed by atoms with E-state index in [1.807, 2.05) is 12.1 Å². The molecule has 0 atom stereocenters. The Morgan fingerprint density at radius 2 is 1.43 bits per heavy atom. The molecule has 0 aliphatic heterocycles. The largest absolute Gasteiger partial charge is 0.479 e. The first-order valence-electron chi connectivity index (χ1n) is 10.5. The van der Waals surface area contributed by atoms with Crippen LogP contribution >= 0.6 is 24.0 Å². The maximum atomic E-state index is 12.2. The normalized spacial score (nSPS) is 10.1. The first kappa shape index (κ1) is 26.7. The molecule has 0 saturated heterocycles. The predicted molar refractivity (Wildman–Crippen MR) is 120 cm³/mol. The number of carbonyl (C=O) groups is 1. The van der Waals surface area contributed by atoms with E-state index in [1.165, 1.54) is 63.1 Å². The monoisotopic (exact) mass is 425 g/mol. The van der Waals surface area contributed by atoms with Gasteiger partial charge in [0, 0.05) is 13.1 Å². The molecule has 0 aliphatic rings. The summed E-state index contributed by atoms with van der Waals surface area (Å²) < 4.78 is 5.92. The van der Waals surface area contributed by atoms with Crippen LogP contribution in [0.4, 0.5) is 0 Å². The van der Waals surface area contributed by atoms with E-state index in [4.69, 9.17) is 27.5 Å². The molecule has 0 heterocycles. The van der Waals surface area contributed by atoms with Crippen LogP contribution in [0.15, 0.2) is 0 Å². The molecule has 0 bridgehead atoms. The Morgan fingerprint density at radius 3 is 1.93 bits per heavy atom. The van der Waals surface area contributed by atoms with Crippen molar-refractivity contribution in [1.29, 1.82) is 10.5 Å². The molecule has 7 heteroatoms. The zero-order valence-electron chi connectivity index (χ0n) is 17.3. The quantitative estimate of drug-likeness (QED) is 0.223. The number of ether oxygens (including phenoxy) is 1. The van der Waals surface area contributed by atoms with E-state index in [9.17, 15) is 4.79 Å². The molecule has 0 N–H and O–H groups in total. The van der Waals surface area contributed by atoms with E-state index in [0.717, 1.165) is 12.8 Å². The summed E-state index contributed by atoms with van der Waals surface area (Å²) in [6, 6.07) is 4.05. The summed E-state index contributed by atoms with van der Waals surface area (Å²) in [6.07, 6.45) is 13.3. The fourth-order valence-electron chi connectivity index (χ4n) is 2.73. The van der Waals surface area contributed by atoms with Gasteiger partial charge >= 0.3 is 0 Å². The summed E-state index contributed by atoms with van der Waals surface area (Å²) in [5, 5.41) is 17.3. The van der Waals surface area contributed by atoms with Crippen molar-refractivity contribution in [2.45, 2.75) is 84.0 Å². The molecule has 5 nitrogen and oxygen atoms in total. The van der Waals surface area contributed by atoms with Crippen LogP contribution in [0.25, 0.3) is 0 Å². The number of nitrogens with zero attached hydrogens (tertiary/aromatic N) is 3. The van der Waals surface area contributed by atoms with E-state index in [-0.39, 0.29) is 24.5 Å². The molecule has 0 radical (unpaired) electrons. The third kappa shape index (κ3) is 16.8. The highest BCUT2D eigenvalue weighted by molar-refractivity contribution is 8.23. The fourth-order valence-corrected chi connectivity index (χ4v) is 3.58. The average Bonchev–Trinajstić information content (AvgIpc) is 2.70. The number of hydrogen-bond donors (Lipinski definition) is 0. The maximum absolute atomic E-state index is 12.2. The fraction of sp³-hybridized carbons (Fsp3) is 0.810. The minimum Gasteiger partial charge on any atom is -0.479 e. The predicted octanol–water partition coefficient (Wildman–Crippen LogP) is 5.60. The Hall–Kier alpha value is -1.31. The van der Waals surface area contributed by atoms with Crippen molar-refractivity contribution >= 4 is 34.3 Å². The summed E-state index contributed by atoms with van der Waals surface area (Å²) in [5.74, 6) is 0.0775. The number of thioether (sulfide) groups is 1. The van der Waals surface area contributed by atoms with Crippen LogP contribution in [0.3, 0.4) is 0 Å². The summed E-state index contributed by atoms with van der Waals surface area (Å²) in [6.45, 7) is 3.55. The van der Waals surface area contributed by atoms with Crippen LogP contribution < -0.4 is 0 Å². The van der Waals surface area contributed by atoms with Crippen LogP contribution in [-0.2, 0) is 9.53 Å². The van der Waals surface area contributed by atoms with Gasteiger partial charge in [-0.25, -0.2) is 0 Å². The standard InChI is InChI=1S/C21H35N3O2S2/c1-2-3-4-5-6-7-8-9-10-11-18-26-21(27)28-19-20(25)24(16-12-14-22)17-13-15-23/h2-13,16-19H2,1H3. The third-order valence-electron chi connectivity index (χ3n) is 4.37. The summed E-state index contributed by atoms with van der Waals surface area (Å²) in [5.41, 5.74) is 0. The number of carbonyl (C=O) groups excluding carboxylic acids is 1. The van der Waals surface area contributed by atoms with Crippen molar-refractivity contribution < 1.29 is 9.53 Å². The Bertz CT molecular complexity index is 483. The maximum Gasteiger partial charge on any atom is 0.233 e. The van der Waals surface area contributed by atoms with Gasteiger partial charge in [0.25, 0.3) is 0 Å². The molecular weight excluding hydrogens is 390 g/mol. The van der Waals surface area contributed by atoms with Gasteiger partial charge in [0.05, 0.1) is 37.3 Å². The zero-order valence-corrected chi connectivity index (χ0v) is 18.9. The summed E-state index contributed by atoms with van der Waals surface area (Å²) in [7, 11) is 0. The molecule has 0 aliphatic carbocycles. The van der Waals surface area contributed by atoms with Gasteiger partial charge in [-0.15, -0.1) is 0 Å². The zero-order chi connectivity index (χ0) is 20.9. The van der Waals surface area contributed by atoms with Gasteiger partial charge in [-0.2, -0.15) is 10.5 Å². The highest BCUT2D eigenvalue weighted by Crippen LogP contribution is 2.12. The molecule has 0 aromatic rings. The molecule has 0 saturated carbocycles. The van der Waals surface area contributed by atoms with Crippen LogP contribution in [0.1, 0.15) is 84.0 Å². The van der Waals surface area contributed by atoms with Crippen molar-refractivity contribution in [3.63, 3.8) is 0 Å². The topological polar surface area (TPSA) is 77.1 Å². The van der Waals surface area contributed by atoms with Gasteiger partial charge in [-0.05, 0) is 18.6 Å². The molecule has 1 amide bonds. The highest BCUT2D eigenvalue weighted by Gasteiger charge is 2.14. The molecule has 0 fully saturated rings. The molecular formula is C21H35N3O2S2. The molecule has 0 rings (SSSR count). The second kappa shape index (κ2) is 20.4. The Morgan fingerprint density at radius 1 is 0.929 bits per heavy atom. The van der Waals surface area contributed by atoms with Crippen molar-refractivity contribution in [3.05, 3.63) is 0 Å². The van der Waals surface area contributed by atoms with Crippen molar-refractivity contribution in [2.24, 2.45) is 0 Å². The van der Waals surface area contributed by atoms with Gasteiger partial charge in [0.15, 0.2) is 0 Å². The van der Waals surface area contributed by atoms with Crippen molar-refractivity contribution in [1.82, 2.24) is 4.90 Å². The first-order chi connectivity index (χ1) is 13.7. The van der Waals surface area contributed by atoms with Crippen LogP contribution in [0, 0.1) is 22.7 Å². The molecule has 0 aromatic heterocycles. The van der Waals surface area contributed by atoms with Gasteiger partial charge in [0.2, 0.25) is 10.3 Å². The molecule has 158 valence electrons. The minimum atomic E-state index is -0.111. The van der Waals surface area contributed by atoms with E-state index >= 15 is 0 Å². The average molecular weight is 426 g/mol. The highest BCUT2D eigenvalue weighted by atomic mass is 32.2. The number of unbranched alkanes of at least 4 members (excludes halogenated alkanes) is 9. The van der Waals surface area contributed by atoms with Crippen LogP contribution in [-0.4, -0.2) is 40.6 Å². The third-order valence-corrected chi connectivity index (χ3v) is 5.59. The lowest BCUT2D eigenvalue weighted by Crippen LogP contribution is -2.34. The van der Waals surface area contributed by atoms with Gasteiger partial charge < -0.3 is 9.64 Å². The van der Waals surface area contributed by atoms with Gasteiger partial charge in [-0.1, -0.05) is 76.5 Å². The molecule has 28 heavy (non-hydrogen) atoms. The molecule has 0 spiro atoms. The molecule has 0 unspecified atom stereocenters. The molecule has 0 aromatic carbocycles. The second-order valence-electron chi connectivity index (χ2n) is 6.77. The van der Waals surface area contributed by atoms with Crippen LogP contribution in [0.5, 0.6) is 0 Å². The number of nitriles is 2. The lowest BCUT2D eigenvalue weighted by molar-refractivity contribution is -0.128. The Kier molecular flexibility index (Phi) is 19.5. The first-order valence-corrected chi connectivity index (χ1v) is 11.9. The number of rotatable bonds is 17. The minimum absolute atomic E-state index is 0.111. The van der Waals surface area contributed by atoms with Gasteiger partial charge in [0.1, 0.15) is 0 Å². The summed E-state index contributed by atoms with van der Waals surface area (Å²) >= 11 is 6.38. The van der Waals surface area contributed by atoms with Gasteiger partial charge in [-0.3, -0.25) is 4.79 Å². The van der Waals surface area contributed by atoms with E-state index in [0.29, 0.717) is 24.1 Å². The van der Waals surface area contributed by atoms with Crippen molar-refractivity contribution in [3.8, 4) is 12.1 Å². The number of hydrogen-bond acceptors (Lipinski definition) is 6. The van der Waals surface area contributed by atoms with E-state index < -0.39 is 0 Å². The second-order valence-corrected chi connectivity index (χ2v) is 8.34. The van der Waals surface area contributed by atoms with Crippen LogP contribution in [0.2, 0.25) is 0 Å². The summed E-state index contributed by atoms with van der Waals surface area (Å²) in [4.78, 5) is 13.7. The smallest absolute Gasteiger partial charge is 0.233 e. The number of amides is 1. The Balaban J connectivity index is 3.68. The van der Waals surface area contributed by atoms with E-state index in [1.54, 1.807) is 4.90 Å². The number of thiocarbonyl (C=S) groups is 1.